The molecule has 130 valence electrons. The van der Waals surface area contributed by atoms with Gasteiger partial charge in [0.1, 0.15) is 0 Å². The predicted octanol–water partition coefficient (Wildman–Crippen LogP) is 6.52. The third kappa shape index (κ3) is 5.17. The first-order valence-corrected chi connectivity index (χ1v) is 10.6. The molecule has 7 heteroatoms. The van der Waals surface area contributed by atoms with Crippen molar-refractivity contribution in [2.75, 3.05) is 0 Å². The largest absolute Gasteiger partial charge is 0.289 e. The van der Waals surface area contributed by atoms with E-state index in [0.717, 1.165) is 17.3 Å². The van der Waals surface area contributed by atoms with Crippen LogP contribution < -0.4 is 0 Å². The molecule has 0 amide bonds. The molecule has 0 aliphatic carbocycles. The summed E-state index contributed by atoms with van der Waals surface area (Å²) in [6, 6.07) is 9.26. The molecule has 0 bridgehead atoms. The van der Waals surface area contributed by atoms with Gasteiger partial charge in [-0.05, 0) is 86.5 Å². The Labute approximate surface area is 175 Å². The zero-order valence-electron chi connectivity index (χ0n) is 13.2. The number of aromatic nitrogens is 1. The Morgan fingerprint density at radius 2 is 1.27 bits per heavy atom. The Hall–Kier alpha value is -1.67. The number of hydrogen-bond donors (Lipinski definition) is 0. The Morgan fingerprint density at radius 3 is 1.65 bits per heavy atom. The van der Waals surface area contributed by atoms with Gasteiger partial charge < -0.3 is 0 Å². The molecule has 3 rings (SSSR count). The predicted molar refractivity (Wildman–Crippen MR) is 115 cm³/mol. The highest BCUT2D eigenvalue weighted by molar-refractivity contribution is 9.11. The molecule has 0 N–H and O–H groups in total. The van der Waals surface area contributed by atoms with Crippen molar-refractivity contribution in [2.24, 2.45) is 0 Å². The zero-order valence-corrected chi connectivity index (χ0v) is 18.0. The van der Waals surface area contributed by atoms with E-state index in [-0.39, 0.29) is 11.6 Å². The summed E-state index contributed by atoms with van der Waals surface area (Å²) in [5.74, 6) is -0.384. The number of halogens is 2. The normalized spacial score (nSPS) is 11.5. The van der Waals surface area contributed by atoms with Gasteiger partial charge in [0.05, 0.1) is 7.57 Å². The number of ketones is 2. The minimum atomic E-state index is -0.192. The van der Waals surface area contributed by atoms with Crippen molar-refractivity contribution in [3.05, 3.63) is 83.3 Å². The molecule has 0 aromatic carbocycles. The van der Waals surface area contributed by atoms with Gasteiger partial charge in [0, 0.05) is 33.3 Å². The number of thiophene rings is 2. The third-order valence-electron chi connectivity index (χ3n) is 3.29. The van der Waals surface area contributed by atoms with Crippen molar-refractivity contribution in [2.45, 2.75) is 0 Å². The number of nitrogens with zero attached hydrogens (tertiary/aromatic N) is 1. The van der Waals surface area contributed by atoms with Crippen molar-refractivity contribution in [3.63, 3.8) is 0 Å². The fraction of sp³-hybridized carbons (Fsp3) is 0. The van der Waals surface area contributed by atoms with Crippen LogP contribution in [0.5, 0.6) is 0 Å². The average molecular weight is 509 g/mol. The summed E-state index contributed by atoms with van der Waals surface area (Å²) in [6.07, 6.45) is 9.41. The molecule has 3 nitrogen and oxygen atoms in total. The van der Waals surface area contributed by atoms with Gasteiger partial charge in [-0.2, -0.15) is 0 Å². The molecule has 3 aromatic rings. The van der Waals surface area contributed by atoms with Crippen molar-refractivity contribution in [1.82, 2.24) is 4.98 Å². The van der Waals surface area contributed by atoms with Crippen LogP contribution in [-0.2, 0) is 0 Å². The number of allylic oxidation sites excluding steroid dienone is 2. The number of carbonyl (C=O) groups excluding carboxylic acids is 2. The lowest BCUT2D eigenvalue weighted by Gasteiger charge is -1.99. The molecular formula is C19H11Br2NO2S2. The maximum atomic E-state index is 12.3. The van der Waals surface area contributed by atoms with E-state index in [1.165, 1.54) is 47.2 Å². The van der Waals surface area contributed by atoms with E-state index >= 15 is 0 Å². The van der Waals surface area contributed by atoms with E-state index in [0.29, 0.717) is 11.1 Å². The van der Waals surface area contributed by atoms with Crippen molar-refractivity contribution >= 4 is 78.3 Å². The van der Waals surface area contributed by atoms with Crippen LogP contribution in [0.4, 0.5) is 0 Å². The van der Waals surface area contributed by atoms with E-state index < -0.39 is 0 Å². The first-order valence-electron chi connectivity index (χ1n) is 7.42. The average Bonchev–Trinajstić information content (AvgIpc) is 3.25. The summed E-state index contributed by atoms with van der Waals surface area (Å²) in [7, 11) is 0. The fourth-order valence-electron chi connectivity index (χ4n) is 2.05. The third-order valence-corrected chi connectivity index (χ3v) is 6.47. The van der Waals surface area contributed by atoms with E-state index in [4.69, 9.17) is 0 Å². The standard InChI is InChI=1S/C19H11Br2NO2S2/c20-18-7-3-14(25-18)1-5-16(23)12-9-13(11-22-10-12)17(24)6-2-15-4-8-19(21)26-15/h1-11H. The summed E-state index contributed by atoms with van der Waals surface area (Å²) >= 11 is 9.84. The number of rotatable bonds is 6. The maximum absolute atomic E-state index is 12.3. The quantitative estimate of drug-likeness (QED) is 0.281. The molecule has 0 aliphatic heterocycles. The highest BCUT2D eigenvalue weighted by atomic mass is 79.9. The lowest BCUT2D eigenvalue weighted by atomic mass is 10.1. The Kier molecular flexibility index (Phi) is 6.48. The zero-order chi connectivity index (χ0) is 18.5. The second-order valence-electron chi connectivity index (χ2n) is 5.14. The molecule has 0 unspecified atom stereocenters. The topological polar surface area (TPSA) is 47.0 Å². The molecule has 0 fully saturated rings. The van der Waals surface area contributed by atoms with Gasteiger partial charge in [0.2, 0.25) is 0 Å². The van der Waals surface area contributed by atoms with Gasteiger partial charge in [-0.15, -0.1) is 22.7 Å². The second-order valence-corrected chi connectivity index (χ2v) is 10.1. The van der Waals surface area contributed by atoms with Gasteiger partial charge in [-0.3, -0.25) is 14.6 Å². The summed E-state index contributed by atoms with van der Waals surface area (Å²) in [5, 5.41) is 0. The smallest absolute Gasteiger partial charge is 0.187 e. The lowest BCUT2D eigenvalue weighted by Crippen LogP contribution is -2.01. The van der Waals surface area contributed by atoms with Gasteiger partial charge >= 0.3 is 0 Å². The van der Waals surface area contributed by atoms with Gasteiger partial charge in [0.15, 0.2) is 11.6 Å². The second kappa shape index (κ2) is 8.81. The minimum Gasteiger partial charge on any atom is -0.289 e. The van der Waals surface area contributed by atoms with E-state index in [2.05, 4.69) is 36.8 Å². The SMILES string of the molecule is O=C(C=Cc1ccc(Br)s1)c1cncc(C(=O)C=Cc2ccc(Br)s2)c1. The van der Waals surface area contributed by atoms with E-state index in [1.807, 2.05) is 24.3 Å². The molecule has 26 heavy (non-hydrogen) atoms. The number of pyridine rings is 1. The molecular weight excluding hydrogens is 498 g/mol. The fourth-order valence-corrected chi connectivity index (χ4v) is 4.71. The maximum Gasteiger partial charge on any atom is 0.187 e. The van der Waals surface area contributed by atoms with Crippen LogP contribution in [0.3, 0.4) is 0 Å². The molecule has 0 aliphatic rings. The van der Waals surface area contributed by atoms with Crippen molar-refractivity contribution in [3.8, 4) is 0 Å². The molecule has 0 saturated carbocycles. The van der Waals surface area contributed by atoms with Crippen LogP contribution >= 0.6 is 54.5 Å². The monoisotopic (exact) mass is 507 g/mol. The van der Waals surface area contributed by atoms with E-state index in [1.54, 1.807) is 18.2 Å². The Balaban J connectivity index is 1.72. The molecule has 3 aromatic heterocycles. The van der Waals surface area contributed by atoms with Crippen molar-refractivity contribution < 1.29 is 9.59 Å². The van der Waals surface area contributed by atoms with E-state index in [9.17, 15) is 9.59 Å². The first kappa shape index (κ1) is 19.1. The Bertz CT molecular complexity index is 940. The van der Waals surface area contributed by atoms with Crippen LogP contribution in [0.15, 0.2) is 62.5 Å². The number of hydrogen-bond acceptors (Lipinski definition) is 5. The highest BCUT2D eigenvalue weighted by Crippen LogP contribution is 2.24. The minimum absolute atomic E-state index is 0.192. The van der Waals surface area contributed by atoms with Crippen molar-refractivity contribution in [1.29, 1.82) is 0 Å². The van der Waals surface area contributed by atoms with Crippen LogP contribution in [0.25, 0.3) is 12.2 Å². The first-order chi connectivity index (χ1) is 12.5. The lowest BCUT2D eigenvalue weighted by molar-refractivity contribution is 0.104. The summed E-state index contributed by atoms with van der Waals surface area (Å²) < 4.78 is 2.01. The van der Waals surface area contributed by atoms with Gasteiger partial charge in [-0.25, -0.2) is 0 Å². The summed E-state index contributed by atoms with van der Waals surface area (Å²) in [5.41, 5.74) is 0.768. The van der Waals surface area contributed by atoms with Gasteiger partial charge in [0.25, 0.3) is 0 Å². The summed E-state index contributed by atoms with van der Waals surface area (Å²) in [4.78, 5) is 30.6. The molecule has 0 saturated heterocycles. The Morgan fingerprint density at radius 1 is 0.808 bits per heavy atom. The van der Waals surface area contributed by atoms with Gasteiger partial charge in [-0.1, -0.05) is 0 Å². The van der Waals surface area contributed by atoms with Crippen LogP contribution in [0.1, 0.15) is 30.5 Å². The molecule has 3 heterocycles. The summed E-state index contributed by atoms with van der Waals surface area (Å²) in [6.45, 7) is 0. The van der Waals surface area contributed by atoms with Crippen LogP contribution in [0.2, 0.25) is 0 Å². The van der Waals surface area contributed by atoms with Crippen LogP contribution in [0, 0.1) is 0 Å². The molecule has 0 radical (unpaired) electrons. The highest BCUT2D eigenvalue weighted by Gasteiger charge is 2.08. The number of carbonyl (C=O) groups is 2. The molecule has 0 atom stereocenters. The van der Waals surface area contributed by atoms with Crippen LogP contribution in [-0.4, -0.2) is 16.6 Å². The molecule has 0 spiro atoms.